The molecule has 0 radical (unpaired) electrons. The number of nitrogens with two attached hydrogens (primary N) is 2. The number of aliphatic imine (C=N–C) groups is 2. The molecular weight excluding hydrogens is 468 g/mol. The molecule has 190 valence electrons. The van der Waals surface area contributed by atoms with E-state index < -0.39 is 23.3 Å². The second-order valence-electron chi connectivity index (χ2n) is 7.97. The van der Waals surface area contributed by atoms with Crippen LogP contribution in [0.5, 0.6) is 0 Å². The van der Waals surface area contributed by atoms with E-state index in [0.29, 0.717) is 44.2 Å². The maximum Gasteiger partial charge on any atom is 0.282 e. The van der Waals surface area contributed by atoms with E-state index in [1.165, 1.54) is 24.3 Å². The van der Waals surface area contributed by atoms with Crippen molar-refractivity contribution in [2.24, 2.45) is 21.5 Å². The Balaban J connectivity index is 0.000000196. The topological polar surface area (TPSA) is 102 Å². The third kappa shape index (κ3) is 7.14. The Morgan fingerprint density at radius 3 is 1.74 bits per heavy atom. The van der Waals surface area contributed by atoms with Gasteiger partial charge in [0, 0.05) is 38.8 Å². The van der Waals surface area contributed by atoms with Crippen molar-refractivity contribution < 1.29 is 27.0 Å². The third-order valence-electron chi connectivity index (χ3n) is 5.34. The number of hydrogen-bond donors (Lipinski definition) is 2. The van der Waals surface area contributed by atoms with Crippen LogP contribution in [0.25, 0.3) is 0 Å². The highest BCUT2D eigenvalue weighted by atomic mass is 19.1. The van der Waals surface area contributed by atoms with Gasteiger partial charge in [0.2, 0.25) is 0 Å². The number of nitrogens with zero attached hydrogens (tertiary/aromatic N) is 4. The van der Waals surface area contributed by atoms with Crippen molar-refractivity contribution >= 4 is 23.4 Å². The van der Waals surface area contributed by atoms with E-state index in [9.17, 15) is 17.6 Å². The van der Waals surface area contributed by atoms with Crippen molar-refractivity contribution in [3.63, 3.8) is 0 Å². The van der Waals surface area contributed by atoms with Crippen molar-refractivity contribution in [1.82, 2.24) is 0 Å². The van der Waals surface area contributed by atoms with Crippen LogP contribution in [0.3, 0.4) is 0 Å². The van der Waals surface area contributed by atoms with Gasteiger partial charge in [0.05, 0.1) is 11.4 Å². The van der Waals surface area contributed by atoms with Crippen LogP contribution in [0.4, 0.5) is 28.9 Å². The molecule has 2 aliphatic heterocycles. The number of likely N-dealkylation sites (N-methyl/N-ethyl adjacent to an activating group) is 2. The third-order valence-corrected chi connectivity index (χ3v) is 5.34. The van der Waals surface area contributed by atoms with Crippen LogP contribution in [-0.2, 0) is 9.47 Å². The van der Waals surface area contributed by atoms with Gasteiger partial charge in [0.15, 0.2) is 0 Å². The molecule has 2 atom stereocenters. The summed E-state index contributed by atoms with van der Waals surface area (Å²) in [5, 5.41) is 0. The van der Waals surface area contributed by atoms with Crippen LogP contribution in [-0.4, -0.2) is 64.0 Å². The Morgan fingerprint density at radius 1 is 0.829 bits per heavy atom. The maximum atomic E-state index is 13.7. The zero-order chi connectivity index (χ0) is 25.5. The zero-order valence-electron chi connectivity index (χ0n) is 19.4. The molecule has 0 fully saturated rings. The van der Waals surface area contributed by atoms with Crippen LogP contribution in [0.15, 0.2) is 46.4 Å². The maximum absolute atomic E-state index is 13.7. The fourth-order valence-electron chi connectivity index (χ4n) is 3.65. The quantitative estimate of drug-likeness (QED) is 0.572. The molecule has 0 saturated carbocycles. The molecule has 0 aliphatic carbocycles. The first kappa shape index (κ1) is 25.9. The van der Waals surface area contributed by atoms with Gasteiger partial charge >= 0.3 is 0 Å². The van der Waals surface area contributed by atoms with E-state index in [1.54, 1.807) is 16.8 Å². The van der Waals surface area contributed by atoms with Gasteiger partial charge in [0.25, 0.3) is 12.0 Å². The van der Waals surface area contributed by atoms with Crippen LogP contribution in [0, 0.1) is 23.3 Å². The molecule has 4 N–H and O–H groups in total. The summed E-state index contributed by atoms with van der Waals surface area (Å²) in [5.41, 5.74) is 11.5. The molecule has 2 aromatic rings. The lowest BCUT2D eigenvalue weighted by Crippen LogP contribution is -2.32. The summed E-state index contributed by atoms with van der Waals surface area (Å²) in [6.07, 6.45) is 0. The molecule has 2 heterocycles. The molecule has 2 aromatic carbocycles. The minimum absolute atomic E-state index is 0.116. The minimum Gasteiger partial charge on any atom is -0.463 e. The lowest BCUT2D eigenvalue weighted by atomic mass is 10.2. The smallest absolute Gasteiger partial charge is 0.282 e. The van der Waals surface area contributed by atoms with Crippen molar-refractivity contribution in [3.05, 3.63) is 59.7 Å². The predicted octanol–water partition coefficient (Wildman–Crippen LogP) is 2.62. The summed E-state index contributed by atoms with van der Waals surface area (Å²) in [6, 6.07) is 7.10. The molecule has 4 rings (SSSR count). The standard InChI is InChI=1S/C12H15F2N3O.C11H13F2N3O/c1-2-17(6-9-7-18-12(15)16-9)11-4-3-8(13)5-10(11)14;1-16(5-8-6-17-11(14)15-8)10-3-2-7(12)4-9(10)13/h3-5,9H,2,6-7H2,1H3,(H2,15,16);2-4,8H,5-6H2,1H3,(H2,14,15)/t9-;8-/m00/s1. The molecule has 35 heavy (non-hydrogen) atoms. The molecule has 0 aromatic heterocycles. The van der Waals surface area contributed by atoms with Crippen molar-refractivity contribution in [2.45, 2.75) is 19.0 Å². The Morgan fingerprint density at radius 2 is 1.31 bits per heavy atom. The molecule has 12 heteroatoms. The largest absolute Gasteiger partial charge is 0.463 e. The molecule has 8 nitrogen and oxygen atoms in total. The van der Waals surface area contributed by atoms with E-state index in [-0.39, 0.29) is 24.1 Å². The van der Waals surface area contributed by atoms with E-state index in [4.69, 9.17) is 20.9 Å². The SMILES string of the molecule is CCN(C[C@H]1COC(N)=N1)c1ccc(F)cc1F.CN(C[C@H]1COC(N)=N1)c1ccc(F)cc1F. The molecule has 0 spiro atoms. The van der Waals surface area contributed by atoms with Gasteiger partial charge in [-0.2, -0.15) is 0 Å². The summed E-state index contributed by atoms with van der Waals surface area (Å²) < 4.78 is 62.8. The Bertz CT molecular complexity index is 1080. The number of amidine groups is 2. The summed E-state index contributed by atoms with van der Waals surface area (Å²) in [4.78, 5) is 11.6. The zero-order valence-corrected chi connectivity index (χ0v) is 19.4. The normalized spacial score (nSPS) is 18.6. The summed E-state index contributed by atoms with van der Waals surface area (Å²) >= 11 is 0. The lowest BCUT2D eigenvalue weighted by molar-refractivity contribution is 0.313. The van der Waals surface area contributed by atoms with Crippen molar-refractivity contribution in [3.8, 4) is 0 Å². The van der Waals surface area contributed by atoms with E-state index in [1.807, 2.05) is 6.92 Å². The fourth-order valence-corrected chi connectivity index (χ4v) is 3.65. The van der Waals surface area contributed by atoms with Crippen LogP contribution in [0.1, 0.15) is 6.92 Å². The monoisotopic (exact) mass is 496 g/mol. The highest BCUT2D eigenvalue weighted by Gasteiger charge is 2.22. The van der Waals surface area contributed by atoms with E-state index in [2.05, 4.69) is 9.98 Å². The highest BCUT2D eigenvalue weighted by Crippen LogP contribution is 2.22. The van der Waals surface area contributed by atoms with Crippen LogP contribution >= 0.6 is 0 Å². The van der Waals surface area contributed by atoms with Gasteiger partial charge in [-0.25, -0.2) is 27.5 Å². The van der Waals surface area contributed by atoms with Gasteiger partial charge < -0.3 is 30.7 Å². The molecule has 2 aliphatic rings. The van der Waals surface area contributed by atoms with Gasteiger partial charge in [-0.15, -0.1) is 0 Å². The molecule has 0 bridgehead atoms. The molecule has 0 saturated heterocycles. The van der Waals surface area contributed by atoms with Crippen molar-refractivity contribution in [2.75, 3.05) is 49.7 Å². The second-order valence-corrected chi connectivity index (χ2v) is 7.97. The fraction of sp³-hybridized carbons (Fsp3) is 0.391. The number of halogens is 4. The van der Waals surface area contributed by atoms with Gasteiger partial charge in [-0.3, -0.25) is 0 Å². The summed E-state index contributed by atoms with van der Waals surface area (Å²) in [6.45, 7) is 4.22. The molecule has 0 amide bonds. The Kier molecular flexibility index (Phi) is 8.61. The first-order chi connectivity index (χ1) is 16.7. The number of anilines is 2. The predicted molar refractivity (Wildman–Crippen MR) is 127 cm³/mol. The van der Waals surface area contributed by atoms with Crippen LogP contribution in [0.2, 0.25) is 0 Å². The number of hydrogen-bond acceptors (Lipinski definition) is 8. The first-order valence-corrected chi connectivity index (χ1v) is 10.9. The lowest BCUT2D eigenvalue weighted by Gasteiger charge is -2.25. The first-order valence-electron chi connectivity index (χ1n) is 10.9. The number of rotatable bonds is 7. The average molecular weight is 497 g/mol. The highest BCUT2D eigenvalue weighted by molar-refractivity contribution is 5.73. The van der Waals surface area contributed by atoms with Gasteiger partial charge in [0.1, 0.15) is 48.6 Å². The van der Waals surface area contributed by atoms with Crippen molar-refractivity contribution in [1.29, 1.82) is 0 Å². The second kappa shape index (κ2) is 11.6. The summed E-state index contributed by atoms with van der Waals surface area (Å²) in [7, 11) is 1.71. The van der Waals surface area contributed by atoms with E-state index in [0.717, 1.165) is 12.1 Å². The molecular formula is C23H28F4N6O2. The minimum atomic E-state index is -0.594. The van der Waals surface area contributed by atoms with Crippen LogP contribution < -0.4 is 21.3 Å². The summed E-state index contributed by atoms with van der Waals surface area (Å²) in [5.74, 6) is -2.35. The van der Waals surface area contributed by atoms with E-state index >= 15 is 0 Å². The van der Waals surface area contributed by atoms with Gasteiger partial charge in [-0.05, 0) is 31.2 Å². The number of ether oxygens (including phenoxy) is 2. The Labute approximate surface area is 200 Å². The average Bonchev–Trinajstić information content (AvgIpc) is 3.40. The van der Waals surface area contributed by atoms with Gasteiger partial charge in [-0.1, -0.05) is 0 Å². The molecule has 0 unspecified atom stereocenters. The number of benzene rings is 2. The Hall–Kier alpha value is -3.70.